The second-order valence-electron chi connectivity index (χ2n) is 11.9. The summed E-state index contributed by atoms with van der Waals surface area (Å²) in [4.78, 5) is 24.1. The quantitative estimate of drug-likeness (QED) is 0.0812. The topological polar surface area (TPSA) is 71.1 Å². The lowest BCUT2D eigenvalue weighted by molar-refractivity contribution is -0.148. The van der Waals surface area contributed by atoms with Gasteiger partial charge < -0.3 is 18.3 Å². The second kappa shape index (κ2) is 17.0. The van der Waals surface area contributed by atoms with Gasteiger partial charge in [-0.15, -0.1) is 23.2 Å². The molecule has 0 unspecified atom stereocenters. The average Bonchev–Trinajstić information content (AvgIpc) is 3.15. The third kappa shape index (κ3) is 10.8. The molecule has 6 nitrogen and oxygen atoms in total. The molecule has 0 saturated carbocycles. The van der Waals surface area contributed by atoms with Crippen LogP contribution >= 0.6 is 23.2 Å². The highest BCUT2D eigenvalue weighted by atomic mass is 35.5. The van der Waals surface area contributed by atoms with E-state index in [9.17, 15) is 9.59 Å². The Bertz CT molecular complexity index is 830. The molecule has 2 aliphatic carbocycles. The van der Waals surface area contributed by atoms with Crippen LogP contribution in [0.15, 0.2) is 23.3 Å². The molecule has 2 aliphatic rings. The van der Waals surface area contributed by atoms with E-state index in [1.165, 1.54) is 13.8 Å². The lowest BCUT2D eigenvalue weighted by atomic mass is 9.96. The first-order valence-corrected chi connectivity index (χ1v) is 21.7. The minimum atomic E-state index is -1.92. The number of hydrogen-bond donors (Lipinski definition) is 0. The van der Waals surface area contributed by atoms with Crippen molar-refractivity contribution in [2.75, 3.05) is 0 Å². The van der Waals surface area contributed by atoms with Gasteiger partial charge in [-0.2, -0.15) is 0 Å². The van der Waals surface area contributed by atoms with Gasteiger partial charge in [0.05, 0.1) is 23.0 Å². The zero-order chi connectivity index (χ0) is 30.8. The highest BCUT2D eigenvalue weighted by molar-refractivity contribution is 6.74. The molecule has 2 rings (SSSR count). The largest absolute Gasteiger partial charge is 0.462 e. The molecular weight excluding hydrogens is 595 g/mol. The highest BCUT2D eigenvalue weighted by Gasteiger charge is 2.39. The molecule has 0 N–H and O–H groups in total. The number of carbonyl (C=O) groups excluding carboxylic acids is 2. The number of alkyl halides is 2. The summed E-state index contributed by atoms with van der Waals surface area (Å²) in [5.74, 6) is -0.600. The maximum atomic E-state index is 12.0. The number of carbonyl (C=O) groups is 2. The Morgan fingerprint density at radius 2 is 1.00 bits per heavy atom. The maximum Gasteiger partial charge on any atom is 0.302 e. The predicted octanol–water partition coefficient (Wildman–Crippen LogP) is 8.68. The van der Waals surface area contributed by atoms with Gasteiger partial charge in [-0.25, -0.2) is 0 Å². The summed E-state index contributed by atoms with van der Waals surface area (Å²) < 4.78 is 25.2. The Hall–Kier alpha value is -0.646. The molecule has 236 valence electrons. The molecule has 0 radical (unpaired) electrons. The van der Waals surface area contributed by atoms with Crippen molar-refractivity contribution in [3.8, 4) is 0 Å². The third-order valence-corrected chi connectivity index (χ3v) is 19.4. The average molecular weight is 650 g/mol. The summed E-state index contributed by atoms with van der Waals surface area (Å²) in [6.07, 6.45) is 6.09. The van der Waals surface area contributed by atoms with Gasteiger partial charge in [0.1, 0.15) is 12.2 Å². The number of halogens is 2. The van der Waals surface area contributed by atoms with Crippen LogP contribution < -0.4 is 0 Å². The predicted molar refractivity (Wildman–Crippen MR) is 174 cm³/mol. The molecule has 6 atom stereocenters. The van der Waals surface area contributed by atoms with Crippen LogP contribution in [0.3, 0.4) is 0 Å². The third-order valence-electron chi connectivity index (χ3n) is 9.26. The van der Waals surface area contributed by atoms with E-state index in [0.717, 1.165) is 47.4 Å². The Balaban J connectivity index is 2.38. The summed E-state index contributed by atoms with van der Waals surface area (Å²) in [5, 5.41) is -0.656. The summed E-state index contributed by atoms with van der Waals surface area (Å²) in [5.41, 5.74) is 2.18. The van der Waals surface area contributed by atoms with E-state index in [1.54, 1.807) is 0 Å². The van der Waals surface area contributed by atoms with Crippen molar-refractivity contribution >= 4 is 51.8 Å². The summed E-state index contributed by atoms with van der Waals surface area (Å²) in [7, 11) is -3.85. The SMILES string of the molecule is CC[Si](CC)(CC)O[C@H]1C[C@@H](OC(C)=O)CC(CC2=C[C@H](Cl)[C@H](O[Si](CC)(CC)CC)C[C@H](OC(C)=O)C2)=C[C@H]1Cl. The first-order valence-electron chi connectivity index (χ1n) is 15.7. The minimum Gasteiger partial charge on any atom is -0.462 e. The van der Waals surface area contributed by atoms with Gasteiger partial charge in [0.15, 0.2) is 16.6 Å². The molecule has 0 aromatic carbocycles. The van der Waals surface area contributed by atoms with Crippen molar-refractivity contribution in [1.29, 1.82) is 0 Å². The van der Waals surface area contributed by atoms with E-state index in [2.05, 4.69) is 53.7 Å². The normalized spacial score (nSPS) is 27.8. The Morgan fingerprint density at radius 3 is 1.27 bits per heavy atom. The van der Waals surface area contributed by atoms with Gasteiger partial charge >= 0.3 is 11.9 Å². The van der Waals surface area contributed by atoms with Crippen molar-refractivity contribution in [2.45, 2.75) is 159 Å². The molecule has 0 spiro atoms. The molecule has 0 saturated heterocycles. The van der Waals surface area contributed by atoms with E-state index in [1.807, 2.05) is 0 Å². The van der Waals surface area contributed by atoms with Crippen molar-refractivity contribution in [3.63, 3.8) is 0 Å². The molecule has 0 aromatic rings. The van der Waals surface area contributed by atoms with Crippen LogP contribution in [0.25, 0.3) is 0 Å². The first kappa shape index (κ1) is 36.5. The number of hydrogen-bond acceptors (Lipinski definition) is 6. The van der Waals surface area contributed by atoms with Crippen LogP contribution in [-0.2, 0) is 27.9 Å². The van der Waals surface area contributed by atoms with Crippen molar-refractivity contribution in [1.82, 2.24) is 0 Å². The van der Waals surface area contributed by atoms with E-state index in [-0.39, 0.29) is 47.1 Å². The molecule has 0 aliphatic heterocycles. The minimum absolute atomic E-state index is 0.212. The molecule has 0 aromatic heterocycles. The number of rotatable bonds is 14. The highest BCUT2D eigenvalue weighted by Crippen LogP contribution is 2.37. The summed E-state index contributed by atoms with van der Waals surface area (Å²) in [6, 6.07) is 6.15. The van der Waals surface area contributed by atoms with Crippen molar-refractivity contribution in [3.05, 3.63) is 23.3 Å². The zero-order valence-corrected chi connectivity index (χ0v) is 30.1. The summed E-state index contributed by atoms with van der Waals surface area (Å²) >= 11 is 14.1. The van der Waals surface area contributed by atoms with Crippen LogP contribution in [-0.4, -0.2) is 63.7 Å². The van der Waals surface area contributed by atoms with Gasteiger partial charge in [0.2, 0.25) is 0 Å². The fourth-order valence-corrected chi connectivity index (χ4v) is 13.0. The van der Waals surface area contributed by atoms with Crippen LogP contribution in [0.5, 0.6) is 0 Å². The molecular formula is C31H54Cl2O6Si2. The lowest BCUT2D eigenvalue weighted by Gasteiger charge is -2.35. The Kier molecular flexibility index (Phi) is 15.2. The first-order chi connectivity index (χ1) is 19.4. The molecule has 0 amide bonds. The van der Waals surface area contributed by atoms with E-state index < -0.39 is 16.6 Å². The summed E-state index contributed by atoms with van der Waals surface area (Å²) in [6.45, 7) is 16.1. The van der Waals surface area contributed by atoms with E-state index >= 15 is 0 Å². The van der Waals surface area contributed by atoms with E-state index in [4.69, 9.17) is 41.5 Å². The second-order valence-corrected chi connectivity index (χ2v) is 22.3. The molecule has 0 bridgehead atoms. The fourth-order valence-electron chi connectivity index (χ4n) is 6.40. The van der Waals surface area contributed by atoms with Gasteiger partial charge in [0.25, 0.3) is 0 Å². The molecule has 0 heterocycles. The van der Waals surface area contributed by atoms with Crippen LogP contribution in [0.1, 0.15) is 87.5 Å². The Morgan fingerprint density at radius 1 is 0.683 bits per heavy atom. The van der Waals surface area contributed by atoms with Gasteiger partial charge in [-0.3, -0.25) is 9.59 Å². The van der Waals surface area contributed by atoms with Gasteiger partial charge in [-0.05, 0) is 42.7 Å². The standard InChI is InChI=1S/C31H54Cl2O6Si2/c1-9-40(10-2,11-3)38-30-20-26(36-22(7)34)16-24(18-28(30)32)15-25-17-27(37-23(8)35)21-31(29(33)19-25)39-41(12-4,13-5)14-6/h18-19,26-31H,9-17,20-21H2,1-8H3/t26-,27+,28+,29-,30-,31+. The van der Waals surface area contributed by atoms with Gasteiger partial charge in [-0.1, -0.05) is 64.8 Å². The van der Waals surface area contributed by atoms with Crippen LogP contribution in [0.4, 0.5) is 0 Å². The molecule has 10 heteroatoms. The smallest absolute Gasteiger partial charge is 0.302 e. The van der Waals surface area contributed by atoms with Crippen molar-refractivity contribution < 1.29 is 27.9 Å². The monoisotopic (exact) mass is 648 g/mol. The molecule has 0 fully saturated rings. The zero-order valence-electron chi connectivity index (χ0n) is 26.6. The molecule has 41 heavy (non-hydrogen) atoms. The van der Waals surface area contributed by atoms with Gasteiger partial charge in [0, 0.05) is 39.5 Å². The Labute approximate surface area is 261 Å². The van der Waals surface area contributed by atoms with Crippen LogP contribution in [0.2, 0.25) is 36.3 Å². The number of esters is 2. The lowest BCUT2D eigenvalue weighted by Crippen LogP contribution is -2.43. The van der Waals surface area contributed by atoms with Crippen LogP contribution in [0, 0.1) is 0 Å². The van der Waals surface area contributed by atoms with Crippen molar-refractivity contribution in [2.24, 2.45) is 0 Å². The number of ether oxygens (including phenoxy) is 2. The van der Waals surface area contributed by atoms with E-state index in [0.29, 0.717) is 32.1 Å². The fraction of sp³-hybridized carbons (Fsp3) is 0.806. The maximum absolute atomic E-state index is 12.0.